The average molecular weight is 389 g/mol. The van der Waals surface area contributed by atoms with E-state index >= 15 is 0 Å². The van der Waals surface area contributed by atoms with E-state index in [1.54, 1.807) is 6.33 Å². The number of nitrogens with zero attached hydrogens (tertiary/aromatic N) is 4. The fraction of sp³-hybridized carbons (Fsp3) is 0.500. The van der Waals surface area contributed by atoms with Crippen LogP contribution in [0.4, 0.5) is 16.0 Å². The van der Waals surface area contributed by atoms with Crippen molar-refractivity contribution < 1.29 is 14.2 Å². The molecule has 8 heteroatoms. The minimum atomic E-state index is -0.798. The summed E-state index contributed by atoms with van der Waals surface area (Å²) in [5.74, 6) is 2.34. The Labute approximate surface area is 165 Å². The Morgan fingerprint density at radius 2 is 2.07 bits per heavy atom. The molecule has 1 aromatic carbocycles. The highest BCUT2D eigenvalue weighted by atomic mass is 19.1. The number of aromatic nitrogens is 2. The van der Waals surface area contributed by atoms with E-state index in [0.29, 0.717) is 31.8 Å². The Hall–Kier alpha value is -2.45. The lowest BCUT2D eigenvalue weighted by Gasteiger charge is -2.24. The summed E-state index contributed by atoms with van der Waals surface area (Å²) >= 11 is 0. The largest absolute Gasteiger partial charge is 0.491 e. The molecule has 2 aromatic rings. The molecule has 1 aliphatic heterocycles. The summed E-state index contributed by atoms with van der Waals surface area (Å²) in [5.41, 5.74) is 0.283. The number of halogens is 1. The number of β-amino-alcohol motifs (C(OH)–C–C–N with tert-alkyl or cyclic N) is 1. The van der Waals surface area contributed by atoms with E-state index < -0.39 is 12.3 Å². The number of aliphatic hydroxyl groups is 1. The first-order valence-corrected chi connectivity index (χ1v) is 9.44. The summed E-state index contributed by atoms with van der Waals surface area (Å²) in [5, 5.41) is 14.2. The summed E-state index contributed by atoms with van der Waals surface area (Å²) < 4.78 is 17.4. The first kappa shape index (κ1) is 20.3. The van der Waals surface area contributed by atoms with Gasteiger partial charge in [-0.1, -0.05) is 12.1 Å². The Morgan fingerprint density at radius 3 is 2.79 bits per heavy atom. The minimum Gasteiger partial charge on any atom is -0.491 e. The van der Waals surface area contributed by atoms with Gasteiger partial charge >= 0.3 is 0 Å². The highest BCUT2D eigenvalue weighted by molar-refractivity contribution is 5.50. The molecule has 0 spiro atoms. The van der Waals surface area contributed by atoms with Crippen molar-refractivity contribution in [2.75, 3.05) is 56.8 Å². The van der Waals surface area contributed by atoms with Gasteiger partial charge in [-0.15, -0.1) is 0 Å². The predicted octanol–water partition coefficient (Wildman–Crippen LogP) is 1.62. The highest BCUT2D eigenvalue weighted by Gasteiger charge is 2.36. The van der Waals surface area contributed by atoms with Gasteiger partial charge in [0.05, 0.1) is 5.60 Å². The summed E-state index contributed by atoms with van der Waals surface area (Å²) in [7, 11) is 3.88. The number of alkyl halides is 1. The molecule has 1 fully saturated rings. The summed E-state index contributed by atoms with van der Waals surface area (Å²) in [6.07, 6.45) is 2.23. The number of ether oxygens (including phenoxy) is 1. The van der Waals surface area contributed by atoms with Gasteiger partial charge in [-0.25, -0.2) is 14.4 Å². The normalized spacial score (nSPS) is 19.1. The predicted molar refractivity (Wildman–Crippen MR) is 108 cm³/mol. The second-order valence-electron chi connectivity index (χ2n) is 7.31. The van der Waals surface area contributed by atoms with E-state index in [2.05, 4.69) is 20.2 Å². The first-order chi connectivity index (χ1) is 13.5. The van der Waals surface area contributed by atoms with Gasteiger partial charge in [0.25, 0.3) is 0 Å². The van der Waals surface area contributed by atoms with Crippen LogP contribution in [0.5, 0.6) is 5.75 Å². The highest BCUT2D eigenvalue weighted by Crippen LogP contribution is 2.26. The standard InChI is InChI=1S/C20H28FN5O2/c1-25(2)18-11-19(24-15-23-18)26-9-7-20(27,14-26)13-22-12-16-3-5-17(6-4-16)28-10-8-21/h3-6,11,15,22,27H,7-10,12-14H2,1-2H3. The van der Waals surface area contributed by atoms with Crippen LogP contribution in [0.2, 0.25) is 0 Å². The van der Waals surface area contributed by atoms with Gasteiger partial charge in [0.2, 0.25) is 0 Å². The third kappa shape index (κ3) is 5.30. The number of nitrogens with one attached hydrogen (secondary N) is 1. The van der Waals surface area contributed by atoms with Gasteiger partial charge in [-0.3, -0.25) is 0 Å². The maximum absolute atomic E-state index is 12.1. The molecule has 2 heterocycles. The van der Waals surface area contributed by atoms with E-state index in [0.717, 1.165) is 23.7 Å². The molecule has 0 saturated carbocycles. The van der Waals surface area contributed by atoms with Crippen molar-refractivity contribution in [1.82, 2.24) is 15.3 Å². The monoisotopic (exact) mass is 389 g/mol. The maximum Gasteiger partial charge on any atom is 0.134 e. The van der Waals surface area contributed by atoms with Gasteiger partial charge < -0.3 is 25.0 Å². The van der Waals surface area contributed by atoms with Crippen molar-refractivity contribution in [3.63, 3.8) is 0 Å². The quantitative estimate of drug-likeness (QED) is 0.675. The molecule has 1 atom stereocenters. The Balaban J connectivity index is 1.49. The molecule has 1 aromatic heterocycles. The summed E-state index contributed by atoms with van der Waals surface area (Å²) in [6.45, 7) is 2.00. The van der Waals surface area contributed by atoms with E-state index in [-0.39, 0.29) is 6.61 Å². The molecule has 28 heavy (non-hydrogen) atoms. The first-order valence-electron chi connectivity index (χ1n) is 9.44. The third-order valence-corrected chi connectivity index (χ3v) is 4.81. The zero-order valence-electron chi connectivity index (χ0n) is 16.4. The van der Waals surface area contributed by atoms with Crippen LogP contribution in [0.15, 0.2) is 36.7 Å². The fourth-order valence-electron chi connectivity index (χ4n) is 3.25. The van der Waals surface area contributed by atoms with Gasteiger partial charge in [0.1, 0.15) is 37.0 Å². The number of benzene rings is 1. The number of hydrogen-bond acceptors (Lipinski definition) is 7. The van der Waals surface area contributed by atoms with Crippen LogP contribution in [0.3, 0.4) is 0 Å². The van der Waals surface area contributed by atoms with Gasteiger partial charge in [0.15, 0.2) is 0 Å². The maximum atomic E-state index is 12.1. The Kier molecular flexibility index (Phi) is 6.64. The Bertz CT molecular complexity index is 759. The van der Waals surface area contributed by atoms with E-state index in [9.17, 15) is 9.50 Å². The molecule has 1 unspecified atom stereocenters. The van der Waals surface area contributed by atoms with Crippen molar-refractivity contribution >= 4 is 11.6 Å². The second kappa shape index (κ2) is 9.16. The van der Waals surface area contributed by atoms with E-state index in [4.69, 9.17) is 4.74 Å². The van der Waals surface area contributed by atoms with Crippen molar-refractivity contribution in [2.45, 2.75) is 18.6 Å². The van der Waals surface area contributed by atoms with Crippen LogP contribution in [0.25, 0.3) is 0 Å². The molecular formula is C20H28FN5O2. The molecule has 3 rings (SSSR count). The third-order valence-electron chi connectivity index (χ3n) is 4.81. The van der Waals surface area contributed by atoms with Crippen LogP contribution in [0.1, 0.15) is 12.0 Å². The van der Waals surface area contributed by atoms with Crippen molar-refractivity contribution in [2.24, 2.45) is 0 Å². The SMILES string of the molecule is CN(C)c1cc(N2CCC(O)(CNCc3ccc(OCCF)cc3)C2)ncn1. The zero-order valence-corrected chi connectivity index (χ0v) is 16.4. The molecule has 0 bridgehead atoms. The lowest BCUT2D eigenvalue weighted by Crippen LogP contribution is -2.43. The molecule has 7 nitrogen and oxygen atoms in total. The molecular weight excluding hydrogens is 361 g/mol. The van der Waals surface area contributed by atoms with Crippen LogP contribution in [0, 0.1) is 0 Å². The molecule has 152 valence electrons. The smallest absolute Gasteiger partial charge is 0.134 e. The van der Waals surface area contributed by atoms with Gasteiger partial charge in [0, 0.05) is 46.3 Å². The average Bonchev–Trinajstić information content (AvgIpc) is 3.10. The Morgan fingerprint density at radius 1 is 1.29 bits per heavy atom. The van der Waals surface area contributed by atoms with E-state index in [1.807, 2.05) is 49.3 Å². The topological polar surface area (TPSA) is 73.8 Å². The summed E-state index contributed by atoms with van der Waals surface area (Å²) in [6, 6.07) is 9.47. The number of hydrogen-bond donors (Lipinski definition) is 2. The van der Waals surface area contributed by atoms with E-state index in [1.165, 1.54) is 0 Å². The number of rotatable bonds is 9. The molecule has 1 aliphatic rings. The molecule has 0 aliphatic carbocycles. The zero-order chi connectivity index (χ0) is 20.0. The fourth-order valence-corrected chi connectivity index (χ4v) is 3.25. The lowest BCUT2D eigenvalue weighted by molar-refractivity contribution is 0.0626. The van der Waals surface area contributed by atoms with Gasteiger partial charge in [-0.2, -0.15) is 0 Å². The summed E-state index contributed by atoms with van der Waals surface area (Å²) in [4.78, 5) is 12.6. The van der Waals surface area contributed by atoms with Crippen molar-refractivity contribution in [3.8, 4) is 5.75 Å². The molecule has 0 amide bonds. The van der Waals surface area contributed by atoms with Crippen LogP contribution < -0.4 is 19.9 Å². The molecule has 2 N–H and O–H groups in total. The second-order valence-corrected chi connectivity index (χ2v) is 7.31. The lowest BCUT2D eigenvalue weighted by atomic mass is 10.0. The van der Waals surface area contributed by atoms with Crippen LogP contribution >= 0.6 is 0 Å². The molecule has 0 radical (unpaired) electrons. The van der Waals surface area contributed by atoms with Gasteiger partial charge in [-0.05, 0) is 24.1 Å². The number of anilines is 2. The van der Waals surface area contributed by atoms with Crippen molar-refractivity contribution in [3.05, 3.63) is 42.2 Å². The van der Waals surface area contributed by atoms with Crippen molar-refractivity contribution in [1.29, 1.82) is 0 Å². The molecule has 1 saturated heterocycles. The van der Waals surface area contributed by atoms with Crippen LogP contribution in [-0.2, 0) is 6.54 Å². The van der Waals surface area contributed by atoms with Crippen LogP contribution in [-0.4, -0.2) is 67.7 Å². The minimum absolute atomic E-state index is 0.0729.